The van der Waals surface area contributed by atoms with Crippen LogP contribution in [0.25, 0.3) is 0 Å². The number of nitrogens with zero attached hydrogens (tertiary/aromatic N) is 1. The van der Waals surface area contributed by atoms with E-state index in [1.807, 2.05) is 12.1 Å². The van der Waals surface area contributed by atoms with Gasteiger partial charge in [-0.15, -0.1) is 0 Å². The number of carbonyl (C=O) groups excluding carboxylic acids is 1. The molecule has 0 aliphatic rings. The highest BCUT2D eigenvalue weighted by molar-refractivity contribution is 9.10. The van der Waals surface area contributed by atoms with Crippen LogP contribution in [0.4, 0.5) is 10.1 Å². The molecule has 0 spiro atoms. The molecule has 0 aliphatic heterocycles. The molecule has 0 fully saturated rings. The van der Waals surface area contributed by atoms with E-state index in [0.29, 0.717) is 11.1 Å². The Balaban J connectivity index is 2.15. The van der Waals surface area contributed by atoms with Crippen molar-refractivity contribution >= 4 is 27.5 Å². The number of pyridine rings is 1. The maximum absolute atomic E-state index is 13.6. The zero-order chi connectivity index (χ0) is 13.8. The van der Waals surface area contributed by atoms with Gasteiger partial charge in [0.2, 0.25) is 5.91 Å². The number of nitrogens with two attached hydrogens (primary N) is 1. The zero-order valence-electron chi connectivity index (χ0n) is 9.86. The van der Waals surface area contributed by atoms with E-state index in [9.17, 15) is 9.18 Å². The molecule has 2 rings (SSSR count). The normalized spacial score (nSPS) is 10.2. The smallest absolute Gasteiger partial charge is 0.248 e. The Bertz CT molecular complexity index is 619. The van der Waals surface area contributed by atoms with Crippen molar-refractivity contribution in [2.75, 3.05) is 5.32 Å². The number of benzene rings is 1. The summed E-state index contributed by atoms with van der Waals surface area (Å²) in [6.45, 7) is 0.346. The summed E-state index contributed by atoms with van der Waals surface area (Å²) >= 11 is 3.26. The molecule has 2 aromatic rings. The number of hydrogen-bond donors (Lipinski definition) is 2. The maximum Gasteiger partial charge on any atom is 0.248 e. The summed E-state index contributed by atoms with van der Waals surface area (Å²) in [5.74, 6) is -1.04. The van der Waals surface area contributed by atoms with Gasteiger partial charge in [-0.1, -0.05) is 6.07 Å². The first-order valence-corrected chi connectivity index (χ1v) is 6.30. The number of amides is 1. The fourth-order valence-electron chi connectivity index (χ4n) is 1.55. The summed E-state index contributed by atoms with van der Waals surface area (Å²) in [7, 11) is 0. The van der Waals surface area contributed by atoms with Gasteiger partial charge in [0, 0.05) is 5.56 Å². The molecule has 0 unspecified atom stereocenters. The van der Waals surface area contributed by atoms with E-state index >= 15 is 0 Å². The lowest BCUT2D eigenvalue weighted by molar-refractivity contribution is 0.100. The van der Waals surface area contributed by atoms with E-state index in [1.165, 1.54) is 18.2 Å². The Morgan fingerprint density at radius 2 is 2.16 bits per heavy atom. The fourth-order valence-corrected chi connectivity index (χ4v) is 1.93. The quantitative estimate of drug-likeness (QED) is 0.850. The monoisotopic (exact) mass is 323 g/mol. The molecule has 0 saturated carbocycles. The molecule has 0 aliphatic carbocycles. The van der Waals surface area contributed by atoms with Crippen LogP contribution < -0.4 is 11.1 Å². The van der Waals surface area contributed by atoms with Crippen LogP contribution in [0.5, 0.6) is 0 Å². The standard InChI is InChI=1S/C13H11BrFN3O/c14-12-3-1-2-9(18-12)7-17-11-6-8(13(16)19)4-5-10(11)15/h1-6,17H,7H2,(H2,16,19). The van der Waals surface area contributed by atoms with Gasteiger partial charge in [0.25, 0.3) is 0 Å². The third kappa shape index (κ3) is 3.51. The Labute approximate surface area is 118 Å². The summed E-state index contributed by atoms with van der Waals surface area (Å²) in [4.78, 5) is 15.3. The summed E-state index contributed by atoms with van der Waals surface area (Å²) in [5.41, 5.74) is 6.38. The van der Waals surface area contributed by atoms with Crippen molar-refractivity contribution in [3.05, 3.63) is 58.1 Å². The van der Waals surface area contributed by atoms with Gasteiger partial charge < -0.3 is 11.1 Å². The summed E-state index contributed by atoms with van der Waals surface area (Å²) in [5, 5.41) is 2.89. The third-order valence-electron chi connectivity index (χ3n) is 2.48. The first-order valence-electron chi connectivity index (χ1n) is 5.51. The molecule has 6 heteroatoms. The van der Waals surface area contributed by atoms with E-state index < -0.39 is 11.7 Å². The summed E-state index contributed by atoms with van der Waals surface area (Å²) < 4.78 is 14.3. The van der Waals surface area contributed by atoms with Gasteiger partial charge in [0.15, 0.2) is 0 Å². The van der Waals surface area contributed by atoms with Gasteiger partial charge >= 0.3 is 0 Å². The molecule has 3 N–H and O–H groups in total. The van der Waals surface area contributed by atoms with Crippen molar-refractivity contribution in [1.82, 2.24) is 4.98 Å². The highest BCUT2D eigenvalue weighted by Gasteiger charge is 2.07. The van der Waals surface area contributed by atoms with Crippen LogP contribution in [0.15, 0.2) is 41.0 Å². The van der Waals surface area contributed by atoms with Gasteiger partial charge in [0.05, 0.1) is 17.9 Å². The molecule has 1 heterocycles. The molecule has 0 atom stereocenters. The highest BCUT2D eigenvalue weighted by atomic mass is 79.9. The van der Waals surface area contributed by atoms with Gasteiger partial charge in [0.1, 0.15) is 10.4 Å². The van der Waals surface area contributed by atoms with Gasteiger partial charge in [-0.25, -0.2) is 9.37 Å². The minimum atomic E-state index is -0.594. The van der Waals surface area contributed by atoms with Gasteiger partial charge in [-0.2, -0.15) is 0 Å². The molecule has 1 amide bonds. The second-order valence-corrected chi connectivity index (χ2v) is 4.68. The predicted molar refractivity (Wildman–Crippen MR) is 74.2 cm³/mol. The van der Waals surface area contributed by atoms with E-state index in [0.717, 1.165) is 5.69 Å². The molecule has 4 nitrogen and oxygen atoms in total. The molecule has 0 radical (unpaired) electrons. The highest BCUT2D eigenvalue weighted by Crippen LogP contribution is 2.17. The largest absolute Gasteiger partial charge is 0.377 e. The van der Waals surface area contributed by atoms with Crippen LogP contribution in [0, 0.1) is 5.82 Å². The topological polar surface area (TPSA) is 68.0 Å². The van der Waals surface area contributed by atoms with Crippen LogP contribution in [0.2, 0.25) is 0 Å². The van der Waals surface area contributed by atoms with Crippen molar-refractivity contribution in [1.29, 1.82) is 0 Å². The SMILES string of the molecule is NC(=O)c1ccc(F)c(NCc2cccc(Br)n2)c1. The van der Waals surface area contributed by atoms with E-state index in [-0.39, 0.29) is 11.3 Å². The molecule has 1 aromatic heterocycles. The third-order valence-corrected chi connectivity index (χ3v) is 2.93. The average molecular weight is 324 g/mol. The first kappa shape index (κ1) is 13.5. The molecule has 19 heavy (non-hydrogen) atoms. The number of aromatic nitrogens is 1. The fraction of sp³-hybridized carbons (Fsp3) is 0.0769. The second-order valence-electron chi connectivity index (χ2n) is 3.86. The van der Waals surface area contributed by atoms with E-state index in [4.69, 9.17) is 5.73 Å². The first-order chi connectivity index (χ1) is 9.06. The second kappa shape index (κ2) is 5.79. The van der Waals surface area contributed by atoms with Crippen molar-refractivity contribution in [2.45, 2.75) is 6.54 Å². The number of nitrogens with one attached hydrogen (secondary N) is 1. The van der Waals surface area contributed by atoms with Crippen molar-refractivity contribution in [2.24, 2.45) is 5.73 Å². The average Bonchev–Trinajstić information content (AvgIpc) is 2.37. The number of carbonyl (C=O) groups is 1. The van der Waals surface area contributed by atoms with Gasteiger partial charge in [-0.05, 0) is 46.3 Å². The number of hydrogen-bond acceptors (Lipinski definition) is 3. The van der Waals surface area contributed by atoms with Crippen LogP contribution in [-0.4, -0.2) is 10.9 Å². The molecular formula is C13H11BrFN3O. The van der Waals surface area contributed by atoms with Crippen molar-refractivity contribution in [3.63, 3.8) is 0 Å². The van der Waals surface area contributed by atoms with E-state index in [1.54, 1.807) is 6.07 Å². The molecule has 0 bridgehead atoms. The zero-order valence-corrected chi connectivity index (χ0v) is 11.4. The molecule has 1 aromatic carbocycles. The van der Waals surface area contributed by atoms with E-state index in [2.05, 4.69) is 26.2 Å². The number of rotatable bonds is 4. The lowest BCUT2D eigenvalue weighted by Gasteiger charge is -2.08. The van der Waals surface area contributed by atoms with Crippen molar-refractivity contribution in [3.8, 4) is 0 Å². The summed E-state index contributed by atoms with van der Waals surface area (Å²) in [6, 6.07) is 9.39. The predicted octanol–water partition coefficient (Wildman–Crippen LogP) is 2.69. The Hall–Kier alpha value is -1.95. The minimum absolute atomic E-state index is 0.220. The molecular weight excluding hydrogens is 313 g/mol. The Kier molecular flexibility index (Phi) is 4.11. The van der Waals surface area contributed by atoms with Crippen LogP contribution in [0.3, 0.4) is 0 Å². The van der Waals surface area contributed by atoms with Crippen LogP contribution in [-0.2, 0) is 6.54 Å². The minimum Gasteiger partial charge on any atom is -0.377 e. The van der Waals surface area contributed by atoms with Crippen molar-refractivity contribution < 1.29 is 9.18 Å². The Morgan fingerprint density at radius 3 is 2.84 bits per heavy atom. The van der Waals surface area contributed by atoms with Crippen LogP contribution in [0.1, 0.15) is 16.1 Å². The Morgan fingerprint density at radius 1 is 1.37 bits per heavy atom. The lowest BCUT2D eigenvalue weighted by Crippen LogP contribution is -2.12. The maximum atomic E-state index is 13.6. The van der Waals surface area contributed by atoms with Gasteiger partial charge in [-0.3, -0.25) is 4.79 Å². The van der Waals surface area contributed by atoms with Crippen LogP contribution >= 0.6 is 15.9 Å². The molecule has 0 saturated heterocycles. The number of primary amides is 1. The molecule has 98 valence electrons. The number of anilines is 1. The number of halogens is 2. The summed E-state index contributed by atoms with van der Waals surface area (Å²) in [6.07, 6.45) is 0. The lowest BCUT2D eigenvalue weighted by atomic mass is 10.2.